The van der Waals surface area contributed by atoms with Gasteiger partial charge in [0.05, 0.1) is 16.6 Å². The molecule has 2 aromatic rings. The molecule has 3 heterocycles. The Kier molecular flexibility index (Phi) is 9.77. The third-order valence-corrected chi connectivity index (χ3v) is 11.4. The van der Waals surface area contributed by atoms with Crippen molar-refractivity contribution in [2.45, 2.75) is 55.3 Å². The molecule has 3 fully saturated rings. The smallest absolute Gasteiger partial charge is 0.247 e. The van der Waals surface area contributed by atoms with Gasteiger partial charge in [-0.25, -0.2) is 0 Å². The van der Waals surface area contributed by atoms with Crippen LogP contribution in [0.25, 0.3) is 0 Å². The number of rotatable bonds is 14. The molecule has 2 bridgehead atoms. The maximum Gasteiger partial charge on any atom is 0.247 e. The topological polar surface area (TPSA) is 81.2 Å². The first-order valence-corrected chi connectivity index (χ1v) is 16.2. The van der Waals surface area contributed by atoms with Crippen LogP contribution in [-0.4, -0.2) is 79.8 Å². The average molecular weight is 602 g/mol. The van der Waals surface area contributed by atoms with Gasteiger partial charge < -0.3 is 19.8 Å². The maximum atomic E-state index is 14.7. The first kappa shape index (κ1) is 31.1. The Bertz CT molecular complexity index is 1320. The van der Waals surface area contributed by atoms with Gasteiger partial charge in [0.15, 0.2) is 0 Å². The molecule has 3 aliphatic heterocycles. The minimum atomic E-state index is -0.693. The number of hydrogen-bond donors (Lipinski definition) is 1. The second-order valence-corrected chi connectivity index (χ2v) is 13.5. The summed E-state index contributed by atoms with van der Waals surface area (Å²) in [7, 11) is 0. The number of aliphatic hydroxyl groups excluding tert-OH is 1. The normalized spacial score (nSPS) is 27.2. The lowest BCUT2D eigenvalue weighted by atomic mass is 9.65. The monoisotopic (exact) mass is 601 g/mol. The van der Waals surface area contributed by atoms with Crippen LogP contribution in [0.15, 0.2) is 86.0 Å². The lowest BCUT2D eigenvalue weighted by molar-refractivity contribution is -0.145. The molecule has 3 amide bonds. The highest BCUT2D eigenvalue weighted by molar-refractivity contribution is 8.02. The van der Waals surface area contributed by atoms with Crippen molar-refractivity contribution in [1.29, 1.82) is 0 Å². The molecule has 6 atom stereocenters. The summed E-state index contributed by atoms with van der Waals surface area (Å²) in [6.07, 6.45) is 5.38. The SMILES string of the molecule is C=CCN(Cc1ccccc1)C(=O)C1N(CCCCO)C(=O)[C@@H]2[C@@H](C(=O)N(CC=C)Cc3ccccc3)[C@H]3CC(C)C12S3. The molecule has 1 spiro atoms. The van der Waals surface area contributed by atoms with Crippen LogP contribution in [0, 0.1) is 17.8 Å². The van der Waals surface area contributed by atoms with Crippen molar-refractivity contribution in [3.05, 3.63) is 97.1 Å². The van der Waals surface area contributed by atoms with Gasteiger partial charge in [-0.2, -0.15) is 0 Å². The fourth-order valence-electron chi connectivity index (χ4n) is 7.48. The van der Waals surface area contributed by atoms with Crippen molar-refractivity contribution in [2.24, 2.45) is 17.8 Å². The van der Waals surface area contributed by atoms with Gasteiger partial charge in [0.25, 0.3) is 0 Å². The van der Waals surface area contributed by atoms with E-state index in [0.717, 1.165) is 17.5 Å². The Morgan fingerprint density at radius 1 is 0.953 bits per heavy atom. The minimum absolute atomic E-state index is 0.0240. The molecular formula is C35H43N3O4S. The van der Waals surface area contributed by atoms with E-state index in [1.165, 1.54) is 0 Å². The number of fused-ring (bicyclic) bond motifs is 1. The van der Waals surface area contributed by atoms with Crippen LogP contribution in [0.1, 0.15) is 37.3 Å². The molecule has 0 aliphatic carbocycles. The van der Waals surface area contributed by atoms with Crippen LogP contribution in [0.5, 0.6) is 0 Å². The number of unbranched alkanes of at least 4 members (excludes halogenated alkanes) is 1. The van der Waals surface area contributed by atoms with Crippen molar-refractivity contribution in [1.82, 2.24) is 14.7 Å². The molecule has 43 heavy (non-hydrogen) atoms. The molecular weight excluding hydrogens is 558 g/mol. The number of nitrogens with zero attached hydrogens (tertiary/aromatic N) is 3. The second-order valence-electron chi connectivity index (χ2n) is 12.0. The van der Waals surface area contributed by atoms with Gasteiger partial charge in [0.2, 0.25) is 17.7 Å². The van der Waals surface area contributed by atoms with Gasteiger partial charge in [-0.15, -0.1) is 24.9 Å². The predicted octanol–water partition coefficient (Wildman–Crippen LogP) is 4.53. The molecule has 3 unspecified atom stereocenters. The highest BCUT2D eigenvalue weighted by Gasteiger charge is 2.76. The van der Waals surface area contributed by atoms with Gasteiger partial charge in [-0.3, -0.25) is 14.4 Å². The fraction of sp³-hybridized carbons (Fsp3) is 0.457. The zero-order chi connectivity index (χ0) is 30.6. The molecule has 7 nitrogen and oxygen atoms in total. The third kappa shape index (κ3) is 5.79. The Balaban J connectivity index is 1.51. The Hall–Kier alpha value is -3.36. The quantitative estimate of drug-likeness (QED) is 0.254. The van der Waals surface area contributed by atoms with E-state index in [-0.39, 0.29) is 35.5 Å². The molecule has 1 N–H and O–H groups in total. The molecule has 0 saturated carbocycles. The van der Waals surface area contributed by atoms with E-state index in [1.54, 1.807) is 33.7 Å². The minimum Gasteiger partial charge on any atom is -0.396 e. The van der Waals surface area contributed by atoms with Crippen LogP contribution in [0.4, 0.5) is 0 Å². The van der Waals surface area contributed by atoms with Crippen LogP contribution in [-0.2, 0) is 27.5 Å². The first-order valence-electron chi connectivity index (χ1n) is 15.3. The summed E-state index contributed by atoms with van der Waals surface area (Å²) in [5.41, 5.74) is 2.03. The van der Waals surface area contributed by atoms with E-state index in [0.29, 0.717) is 45.6 Å². The summed E-state index contributed by atoms with van der Waals surface area (Å²) < 4.78 is -0.693. The summed E-state index contributed by atoms with van der Waals surface area (Å²) in [5.74, 6) is -1.23. The Morgan fingerprint density at radius 3 is 2.05 bits per heavy atom. The molecule has 3 aliphatic rings. The van der Waals surface area contributed by atoms with Crippen molar-refractivity contribution < 1.29 is 19.5 Å². The molecule has 5 rings (SSSR count). The standard InChI is InChI=1S/C35H43N3O4S/c1-4-18-36(23-26-14-8-6-9-15-26)32(40)29-28-22-25(3)35(43-28)30(29)33(41)38(20-12-13-21-39)31(35)34(42)37(19-5-2)24-27-16-10-7-11-17-27/h4-11,14-17,25,28-31,39H,1-2,12-13,18-24H2,3H3/t25?,28-,29+,30+,31?,35?/m1/s1. The Morgan fingerprint density at radius 2 is 1.51 bits per heavy atom. The lowest BCUT2D eigenvalue weighted by Gasteiger charge is -2.41. The van der Waals surface area contributed by atoms with Gasteiger partial charge in [0, 0.05) is 44.6 Å². The van der Waals surface area contributed by atoms with Crippen molar-refractivity contribution in [2.75, 3.05) is 26.2 Å². The van der Waals surface area contributed by atoms with Crippen molar-refractivity contribution in [3.8, 4) is 0 Å². The number of likely N-dealkylation sites (tertiary alicyclic amines) is 1. The van der Waals surface area contributed by atoms with Crippen molar-refractivity contribution >= 4 is 29.5 Å². The number of thioether (sulfide) groups is 1. The predicted molar refractivity (Wildman–Crippen MR) is 171 cm³/mol. The van der Waals surface area contributed by atoms with Gasteiger partial charge in [-0.05, 0) is 36.3 Å². The number of benzene rings is 2. The zero-order valence-corrected chi connectivity index (χ0v) is 25.8. The van der Waals surface area contributed by atoms with E-state index in [9.17, 15) is 19.5 Å². The largest absolute Gasteiger partial charge is 0.396 e. The van der Waals surface area contributed by atoms with E-state index < -0.39 is 22.6 Å². The number of carbonyl (C=O) groups is 3. The third-order valence-electron chi connectivity index (χ3n) is 9.33. The summed E-state index contributed by atoms with van der Waals surface area (Å²) in [6.45, 7) is 12.0. The number of carbonyl (C=O) groups excluding carboxylic acids is 3. The van der Waals surface area contributed by atoms with Crippen LogP contribution >= 0.6 is 11.8 Å². The molecule has 228 valence electrons. The molecule has 0 aromatic heterocycles. The van der Waals surface area contributed by atoms with E-state index in [1.807, 2.05) is 65.6 Å². The van der Waals surface area contributed by atoms with Gasteiger partial charge >= 0.3 is 0 Å². The maximum absolute atomic E-state index is 14.7. The van der Waals surface area contributed by atoms with E-state index in [2.05, 4.69) is 20.1 Å². The lowest BCUT2D eigenvalue weighted by Crippen LogP contribution is -2.57. The first-order chi connectivity index (χ1) is 20.9. The van der Waals surface area contributed by atoms with E-state index in [4.69, 9.17) is 0 Å². The van der Waals surface area contributed by atoms with Crippen molar-refractivity contribution in [3.63, 3.8) is 0 Å². The highest BCUT2D eigenvalue weighted by atomic mass is 32.2. The molecule has 8 heteroatoms. The molecule has 3 saturated heterocycles. The molecule has 0 radical (unpaired) electrons. The molecule has 2 aromatic carbocycles. The highest BCUT2D eigenvalue weighted by Crippen LogP contribution is 2.69. The van der Waals surface area contributed by atoms with Crippen LogP contribution in [0.2, 0.25) is 0 Å². The summed E-state index contributed by atoms with van der Waals surface area (Å²) >= 11 is 1.70. The number of aliphatic hydroxyl groups is 1. The summed E-state index contributed by atoms with van der Waals surface area (Å²) in [6, 6.07) is 19.0. The number of amides is 3. The fourth-order valence-corrected chi connectivity index (χ4v) is 9.89. The summed E-state index contributed by atoms with van der Waals surface area (Å²) in [4.78, 5) is 48.9. The van der Waals surface area contributed by atoms with Gasteiger partial charge in [0.1, 0.15) is 6.04 Å². The zero-order valence-electron chi connectivity index (χ0n) is 25.0. The van der Waals surface area contributed by atoms with Crippen LogP contribution < -0.4 is 0 Å². The number of hydrogen-bond acceptors (Lipinski definition) is 5. The van der Waals surface area contributed by atoms with E-state index >= 15 is 0 Å². The Labute approximate surface area is 259 Å². The summed E-state index contributed by atoms with van der Waals surface area (Å²) in [5, 5.41) is 9.47. The average Bonchev–Trinajstić information content (AvgIpc) is 3.61. The second kappa shape index (κ2) is 13.5. The van der Waals surface area contributed by atoms with Crippen LogP contribution in [0.3, 0.4) is 0 Å². The van der Waals surface area contributed by atoms with Gasteiger partial charge in [-0.1, -0.05) is 79.7 Å².